The van der Waals surface area contributed by atoms with Crippen molar-refractivity contribution in [1.29, 1.82) is 5.41 Å². The molecule has 4 rings (SSSR count). The number of methoxy groups -OCH3 is 2. The summed E-state index contributed by atoms with van der Waals surface area (Å²) in [7, 11) is 3.28. The number of nitrogens with one attached hydrogen (secondary N) is 3. The molecule has 47 heavy (non-hydrogen) atoms. The molecule has 0 bridgehead atoms. The fraction of sp³-hybridized carbons (Fsp3) is 0.474. The van der Waals surface area contributed by atoms with Crippen LogP contribution >= 0.6 is 0 Å². The van der Waals surface area contributed by atoms with Gasteiger partial charge in [-0.25, -0.2) is 4.99 Å². The summed E-state index contributed by atoms with van der Waals surface area (Å²) in [5.74, 6) is 1.68. The molecule has 0 amide bonds. The molecule has 0 saturated carbocycles. The number of ether oxygens (including phenoxy) is 2. The third kappa shape index (κ3) is 16.1. The minimum atomic E-state index is -0.375. The van der Waals surface area contributed by atoms with Crippen LogP contribution in [0, 0.1) is 11.3 Å². The molecule has 0 fully saturated rings. The molecule has 1 aliphatic rings. The van der Waals surface area contributed by atoms with E-state index in [0.717, 1.165) is 39.3 Å². The molecule has 264 valence electrons. The van der Waals surface area contributed by atoms with Gasteiger partial charge < -0.3 is 20.6 Å². The highest BCUT2D eigenvalue weighted by Gasteiger charge is 2.32. The van der Waals surface area contributed by atoms with Crippen molar-refractivity contribution < 1.29 is 9.47 Å². The van der Waals surface area contributed by atoms with Gasteiger partial charge in [-0.3, -0.25) is 10.5 Å². The smallest absolute Gasteiger partial charge is 0.148 e. The van der Waals surface area contributed by atoms with Gasteiger partial charge in [0, 0.05) is 22.1 Å². The van der Waals surface area contributed by atoms with Gasteiger partial charge in [-0.15, -0.1) is 0 Å². The Balaban J connectivity index is -0.00000112. The molecule has 5 N–H and O–H groups in total. The van der Waals surface area contributed by atoms with Crippen molar-refractivity contribution in [3.05, 3.63) is 64.7 Å². The monoisotopic (exact) mass is 652 g/mol. The largest absolute Gasteiger partial charge is 0.496 e. The molecule has 1 aliphatic heterocycles. The first-order chi connectivity index (χ1) is 22.7. The molecule has 3 aromatic rings. The summed E-state index contributed by atoms with van der Waals surface area (Å²) in [6.07, 6.45) is 2.94. The number of hydrogen-bond acceptors (Lipinski definition) is 7. The second kappa shape index (κ2) is 29.0. The van der Waals surface area contributed by atoms with Gasteiger partial charge in [0.05, 0.1) is 37.0 Å². The lowest BCUT2D eigenvalue weighted by Gasteiger charge is -2.16. The molecular formula is C38H65N7O2. The van der Waals surface area contributed by atoms with Gasteiger partial charge in [-0.1, -0.05) is 113 Å². The van der Waals surface area contributed by atoms with Crippen LogP contribution in [0.4, 0.5) is 0 Å². The van der Waals surface area contributed by atoms with Crippen LogP contribution in [-0.4, -0.2) is 47.8 Å². The maximum absolute atomic E-state index is 6.50. The maximum atomic E-state index is 6.50. The molecule has 9 nitrogen and oxygen atoms in total. The Hall–Kier alpha value is -4.40. The van der Waals surface area contributed by atoms with E-state index in [2.05, 4.69) is 52.2 Å². The summed E-state index contributed by atoms with van der Waals surface area (Å²) in [6.45, 7) is 29.7. The van der Waals surface area contributed by atoms with Crippen molar-refractivity contribution in [3.8, 4) is 22.8 Å². The van der Waals surface area contributed by atoms with Crippen LogP contribution in [0.5, 0.6) is 11.5 Å². The Bertz CT molecular complexity index is 1400. The van der Waals surface area contributed by atoms with Crippen molar-refractivity contribution in [2.75, 3.05) is 14.2 Å². The van der Waals surface area contributed by atoms with Crippen molar-refractivity contribution in [1.82, 2.24) is 15.6 Å². The van der Waals surface area contributed by atoms with E-state index in [1.165, 1.54) is 6.42 Å². The molecule has 1 aromatic heterocycles. The first-order valence-corrected chi connectivity index (χ1v) is 16.8. The van der Waals surface area contributed by atoms with E-state index in [1.807, 2.05) is 104 Å². The van der Waals surface area contributed by atoms with Crippen LogP contribution in [0.2, 0.25) is 0 Å². The minimum Gasteiger partial charge on any atom is -0.496 e. The highest BCUT2D eigenvalue weighted by Crippen LogP contribution is 2.29. The molecule has 0 aliphatic carbocycles. The van der Waals surface area contributed by atoms with Gasteiger partial charge in [-0.2, -0.15) is 10.2 Å². The average molecular weight is 652 g/mol. The summed E-state index contributed by atoms with van der Waals surface area (Å²) >= 11 is 0. The van der Waals surface area contributed by atoms with E-state index >= 15 is 0 Å². The van der Waals surface area contributed by atoms with Crippen LogP contribution in [0.3, 0.4) is 0 Å². The van der Waals surface area contributed by atoms with Crippen molar-refractivity contribution in [3.63, 3.8) is 0 Å². The lowest BCUT2D eigenvalue weighted by atomic mass is 9.93. The molecule has 2 atom stereocenters. The highest BCUT2D eigenvalue weighted by molar-refractivity contribution is 6.08. The SMILES string of the molecule is C=c1[nH]nc(-c2ccccc2OC)/c1=C/C1C(c2ccccc2OC)=NNC1/N=C(/C)N.CC.CC.CC.CC.CC(C)=N.CCC. The molecular weight excluding hydrogens is 586 g/mol. The normalized spacial score (nSPS) is 14.3. The number of aromatic nitrogens is 2. The Morgan fingerprint density at radius 2 is 1.30 bits per heavy atom. The van der Waals surface area contributed by atoms with Crippen LogP contribution in [-0.2, 0) is 0 Å². The lowest BCUT2D eigenvalue weighted by Crippen LogP contribution is -2.33. The third-order valence-corrected chi connectivity index (χ3v) is 5.29. The number of nitrogens with two attached hydrogens (primary N) is 1. The maximum Gasteiger partial charge on any atom is 0.148 e. The van der Waals surface area contributed by atoms with E-state index in [9.17, 15) is 0 Å². The van der Waals surface area contributed by atoms with Gasteiger partial charge in [0.2, 0.25) is 0 Å². The van der Waals surface area contributed by atoms with Gasteiger partial charge in [0.25, 0.3) is 0 Å². The van der Waals surface area contributed by atoms with Gasteiger partial charge in [-0.05, 0) is 45.0 Å². The third-order valence-electron chi connectivity index (χ3n) is 5.29. The fourth-order valence-electron chi connectivity index (χ4n) is 3.83. The number of aliphatic imine (C=N–C) groups is 1. The van der Waals surface area contributed by atoms with Gasteiger partial charge in [0.1, 0.15) is 23.4 Å². The average Bonchev–Trinajstić information content (AvgIpc) is 3.66. The topological polar surface area (TPSA) is 134 Å². The molecule has 0 spiro atoms. The van der Waals surface area contributed by atoms with Crippen LogP contribution in [0.1, 0.15) is 102 Å². The second-order valence-electron chi connectivity index (χ2n) is 9.11. The number of amidine groups is 1. The minimum absolute atomic E-state index is 0.239. The number of benzene rings is 2. The molecule has 0 saturated heterocycles. The first-order valence-electron chi connectivity index (χ1n) is 16.8. The summed E-state index contributed by atoms with van der Waals surface area (Å²) in [4.78, 5) is 4.56. The zero-order valence-electron chi connectivity index (χ0n) is 32.0. The highest BCUT2D eigenvalue weighted by atomic mass is 16.5. The number of aromatic amines is 1. The van der Waals surface area contributed by atoms with Crippen LogP contribution in [0.15, 0.2) is 58.6 Å². The van der Waals surface area contributed by atoms with Crippen molar-refractivity contribution >= 4 is 29.9 Å². The predicted molar refractivity (Wildman–Crippen MR) is 207 cm³/mol. The van der Waals surface area contributed by atoms with E-state index in [-0.39, 0.29) is 12.1 Å². The standard InChI is InChI=1S/C24H26N6O2.C3H7N.C3H8.4C2H6/c1-14-18(22(28-27-14)16-9-5-7-11-20(16)31-3)13-19-23(29-30-24(19)26-15(2)25)17-10-6-8-12-21(17)32-4;1-3(2)4;1-3-2;4*1-2/h5-13,19,24,27,30H,1H2,2-4H3,(H2,25,26);4H,1-2H3;3H2,1-2H3;4*1-2H3/b18-13+;;;;;;. The lowest BCUT2D eigenvalue weighted by molar-refractivity contribution is 0.413. The number of H-pyrrole nitrogens is 1. The Morgan fingerprint density at radius 3 is 1.74 bits per heavy atom. The molecule has 0 radical (unpaired) electrons. The number of rotatable bonds is 6. The summed E-state index contributed by atoms with van der Waals surface area (Å²) in [6, 6.07) is 15.5. The molecule has 9 heteroatoms. The summed E-state index contributed by atoms with van der Waals surface area (Å²) in [5.41, 5.74) is 13.0. The summed E-state index contributed by atoms with van der Waals surface area (Å²) < 4.78 is 11.1. The Kier molecular flexibility index (Phi) is 29.0. The fourth-order valence-corrected chi connectivity index (χ4v) is 3.83. The molecule has 2 aromatic carbocycles. The zero-order valence-corrected chi connectivity index (χ0v) is 32.0. The van der Waals surface area contributed by atoms with Crippen molar-refractivity contribution in [2.24, 2.45) is 21.7 Å². The van der Waals surface area contributed by atoms with Gasteiger partial charge >= 0.3 is 0 Å². The number of hydrogen-bond donors (Lipinski definition) is 4. The van der Waals surface area contributed by atoms with E-state index in [4.69, 9.17) is 20.6 Å². The van der Waals surface area contributed by atoms with E-state index < -0.39 is 0 Å². The van der Waals surface area contributed by atoms with Crippen LogP contribution < -0.4 is 31.2 Å². The molecule has 2 unspecified atom stereocenters. The second-order valence-corrected chi connectivity index (χ2v) is 9.11. The zero-order chi connectivity index (χ0) is 36.9. The Labute approximate surface area is 286 Å². The number of nitrogens with zero attached hydrogens (tertiary/aromatic N) is 3. The first kappa shape index (κ1) is 47.0. The van der Waals surface area contributed by atoms with Crippen molar-refractivity contribution in [2.45, 2.75) is 103 Å². The quantitative estimate of drug-likeness (QED) is 0.158. The number of hydrazone groups is 1. The molecule has 2 heterocycles. The van der Waals surface area contributed by atoms with Crippen LogP contribution in [0.25, 0.3) is 23.9 Å². The summed E-state index contributed by atoms with van der Waals surface area (Å²) in [5, 5.41) is 20.1. The van der Waals surface area contributed by atoms with E-state index in [0.29, 0.717) is 16.9 Å². The van der Waals surface area contributed by atoms with Gasteiger partial charge in [0.15, 0.2) is 0 Å². The Morgan fingerprint density at radius 1 is 0.872 bits per heavy atom. The number of para-hydroxylation sites is 2. The predicted octanol–water partition coefficient (Wildman–Crippen LogP) is 8.18. The van der Waals surface area contributed by atoms with E-state index in [1.54, 1.807) is 35.0 Å².